The number of nitrogens with zero attached hydrogens (tertiary/aromatic N) is 2. The van der Waals surface area contributed by atoms with Crippen LogP contribution in [0.3, 0.4) is 0 Å². The maximum Gasteiger partial charge on any atom is 0.309 e. The Kier molecular flexibility index (Phi) is 4.06. The van der Waals surface area contributed by atoms with Crippen molar-refractivity contribution in [1.82, 2.24) is 9.59 Å². The van der Waals surface area contributed by atoms with Crippen LogP contribution in [0.15, 0.2) is 0 Å². The molecule has 1 saturated heterocycles. The van der Waals surface area contributed by atoms with Crippen molar-refractivity contribution in [2.45, 2.75) is 39.4 Å². The Morgan fingerprint density at radius 2 is 2.47 bits per heavy atom. The maximum atomic E-state index is 11.8. The summed E-state index contributed by atoms with van der Waals surface area (Å²) in [6.45, 7) is 4.77. The molecule has 0 bridgehead atoms. The van der Waals surface area contributed by atoms with E-state index < -0.39 is 0 Å². The van der Waals surface area contributed by atoms with Crippen LogP contribution in [0, 0.1) is 12.8 Å². The smallest absolute Gasteiger partial charge is 0.309 e. The van der Waals surface area contributed by atoms with E-state index in [2.05, 4.69) is 9.59 Å². The highest BCUT2D eigenvalue weighted by atomic mass is 32.1. The van der Waals surface area contributed by atoms with E-state index in [1.165, 1.54) is 11.5 Å². The molecule has 0 saturated carbocycles. The molecule has 1 aromatic heterocycles. The Bertz CT molecular complexity index is 394. The van der Waals surface area contributed by atoms with Crippen LogP contribution in [-0.4, -0.2) is 28.3 Å². The van der Waals surface area contributed by atoms with Crippen LogP contribution in [0.4, 0.5) is 0 Å². The monoisotopic (exact) mass is 256 g/mol. The third kappa shape index (κ3) is 3.23. The third-order valence-corrected chi connectivity index (χ3v) is 3.71. The number of aromatic nitrogens is 2. The van der Waals surface area contributed by atoms with Gasteiger partial charge in [0.25, 0.3) is 0 Å². The molecule has 0 aromatic carbocycles. The van der Waals surface area contributed by atoms with Gasteiger partial charge >= 0.3 is 5.97 Å². The van der Waals surface area contributed by atoms with Crippen LogP contribution >= 0.6 is 11.5 Å². The van der Waals surface area contributed by atoms with Crippen molar-refractivity contribution in [3.8, 4) is 0 Å². The molecule has 1 aliphatic rings. The van der Waals surface area contributed by atoms with Gasteiger partial charge < -0.3 is 9.47 Å². The van der Waals surface area contributed by atoms with E-state index in [1.54, 1.807) is 0 Å². The lowest BCUT2D eigenvalue weighted by Crippen LogP contribution is -2.29. The number of ether oxygens (including phenoxy) is 2. The normalized spacial score (nSPS) is 24.6. The molecule has 1 aliphatic heterocycles. The predicted molar refractivity (Wildman–Crippen MR) is 62.6 cm³/mol. The number of esters is 1. The minimum Gasteiger partial charge on any atom is -0.460 e. The summed E-state index contributed by atoms with van der Waals surface area (Å²) in [7, 11) is 0. The Balaban J connectivity index is 1.83. The second-order valence-corrected chi connectivity index (χ2v) is 5.13. The van der Waals surface area contributed by atoms with E-state index in [4.69, 9.17) is 9.47 Å². The summed E-state index contributed by atoms with van der Waals surface area (Å²) in [5.41, 5.74) is 0.836. The zero-order valence-electron chi connectivity index (χ0n) is 10.0. The first-order valence-corrected chi connectivity index (χ1v) is 6.50. The molecule has 2 atom stereocenters. The first kappa shape index (κ1) is 12.4. The lowest BCUT2D eigenvalue weighted by atomic mass is 9.96. The fraction of sp³-hybridized carbons (Fsp3) is 0.727. The summed E-state index contributed by atoms with van der Waals surface area (Å²) in [5.74, 6) is -0.159. The van der Waals surface area contributed by atoms with Gasteiger partial charge in [-0.3, -0.25) is 4.79 Å². The van der Waals surface area contributed by atoms with Crippen molar-refractivity contribution in [2.24, 2.45) is 5.92 Å². The van der Waals surface area contributed by atoms with Crippen molar-refractivity contribution < 1.29 is 14.3 Å². The second-order valence-electron chi connectivity index (χ2n) is 4.29. The third-order valence-electron chi connectivity index (χ3n) is 2.91. The quantitative estimate of drug-likeness (QED) is 0.770. The Labute approximate surface area is 104 Å². The largest absolute Gasteiger partial charge is 0.460 e. The Morgan fingerprint density at radius 1 is 1.65 bits per heavy atom. The standard InChI is InChI=1S/C11H16N2O3S/c1-7-5-9(3-4-15-7)11(14)16-6-10-8(2)12-13-17-10/h7,9H,3-6H2,1-2H3/t7-,9-/m1/s1. The number of rotatable bonds is 3. The van der Waals surface area contributed by atoms with Gasteiger partial charge in [0.1, 0.15) is 6.61 Å². The van der Waals surface area contributed by atoms with Gasteiger partial charge in [0.15, 0.2) is 0 Å². The van der Waals surface area contributed by atoms with Gasteiger partial charge in [0.05, 0.1) is 22.6 Å². The van der Waals surface area contributed by atoms with E-state index in [-0.39, 0.29) is 24.6 Å². The van der Waals surface area contributed by atoms with Gasteiger partial charge in [-0.05, 0) is 38.2 Å². The molecule has 5 nitrogen and oxygen atoms in total. The molecule has 0 unspecified atom stereocenters. The molecule has 0 N–H and O–H groups in total. The minimum absolute atomic E-state index is 0.0278. The Hall–Kier alpha value is -1.01. The van der Waals surface area contributed by atoms with Crippen LogP contribution < -0.4 is 0 Å². The molecule has 6 heteroatoms. The van der Waals surface area contributed by atoms with Crippen LogP contribution in [0.5, 0.6) is 0 Å². The van der Waals surface area contributed by atoms with Crippen LogP contribution in [0.2, 0.25) is 0 Å². The molecule has 2 rings (SSSR count). The van der Waals surface area contributed by atoms with Crippen LogP contribution in [0.1, 0.15) is 30.3 Å². The Morgan fingerprint density at radius 3 is 3.12 bits per heavy atom. The van der Waals surface area contributed by atoms with Gasteiger partial charge in [-0.1, -0.05) is 4.49 Å². The van der Waals surface area contributed by atoms with E-state index in [0.29, 0.717) is 6.61 Å². The summed E-state index contributed by atoms with van der Waals surface area (Å²) >= 11 is 1.28. The first-order valence-electron chi connectivity index (χ1n) is 5.73. The second kappa shape index (κ2) is 5.55. The van der Waals surface area contributed by atoms with Gasteiger partial charge in [0, 0.05) is 6.61 Å². The predicted octanol–water partition coefficient (Wildman–Crippen LogP) is 1.70. The fourth-order valence-corrected chi connectivity index (χ4v) is 2.40. The lowest BCUT2D eigenvalue weighted by molar-refractivity contribution is -0.154. The van der Waals surface area contributed by atoms with Crippen molar-refractivity contribution in [3.05, 3.63) is 10.6 Å². The number of hydrogen-bond donors (Lipinski definition) is 0. The minimum atomic E-state index is -0.132. The molecule has 2 heterocycles. The van der Waals surface area contributed by atoms with E-state index in [1.807, 2.05) is 13.8 Å². The van der Waals surface area contributed by atoms with Gasteiger partial charge in [-0.25, -0.2) is 0 Å². The fourth-order valence-electron chi connectivity index (χ4n) is 1.85. The molecule has 0 aliphatic carbocycles. The van der Waals surface area contributed by atoms with E-state index in [0.717, 1.165) is 23.4 Å². The molecule has 0 spiro atoms. The average Bonchev–Trinajstić information content (AvgIpc) is 2.72. The van der Waals surface area contributed by atoms with E-state index >= 15 is 0 Å². The topological polar surface area (TPSA) is 61.3 Å². The molecule has 1 aromatic rings. The summed E-state index contributed by atoms with van der Waals surface area (Å²) < 4.78 is 14.5. The number of hydrogen-bond acceptors (Lipinski definition) is 6. The van der Waals surface area contributed by atoms with Gasteiger partial charge in [-0.15, -0.1) is 5.10 Å². The zero-order valence-corrected chi connectivity index (χ0v) is 10.8. The molecular weight excluding hydrogens is 240 g/mol. The molecule has 0 radical (unpaired) electrons. The highest BCUT2D eigenvalue weighted by Crippen LogP contribution is 2.22. The molecule has 1 fully saturated rings. The highest BCUT2D eigenvalue weighted by Gasteiger charge is 2.27. The molecular formula is C11H16N2O3S. The average molecular weight is 256 g/mol. The first-order chi connectivity index (χ1) is 8.16. The van der Waals surface area contributed by atoms with Crippen molar-refractivity contribution >= 4 is 17.5 Å². The summed E-state index contributed by atoms with van der Waals surface area (Å²) in [5, 5.41) is 3.88. The molecule has 94 valence electrons. The molecule has 17 heavy (non-hydrogen) atoms. The molecule has 0 amide bonds. The number of aryl methyl sites for hydroxylation is 1. The van der Waals surface area contributed by atoms with Gasteiger partial charge in [0.2, 0.25) is 0 Å². The zero-order chi connectivity index (χ0) is 12.3. The van der Waals surface area contributed by atoms with Gasteiger partial charge in [-0.2, -0.15) is 0 Å². The van der Waals surface area contributed by atoms with Crippen molar-refractivity contribution in [1.29, 1.82) is 0 Å². The highest BCUT2D eigenvalue weighted by molar-refractivity contribution is 7.05. The summed E-state index contributed by atoms with van der Waals surface area (Å²) in [6.07, 6.45) is 1.65. The van der Waals surface area contributed by atoms with Crippen molar-refractivity contribution in [2.75, 3.05) is 6.61 Å². The number of carbonyl (C=O) groups excluding carboxylic acids is 1. The van der Waals surface area contributed by atoms with Crippen LogP contribution in [0.25, 0.3) is 0 Å². The SMILES string of the molecule is Cc1nnsc1COC(=O)[C@@H]1CCO[C@H](C)C1. The summed E-state index contributed by atoms with van der Waals surface area (Å²) in [6, 6.07) is 0. The summed E-state index contributed by atoms with van der Waals surface area (Å²) in [4.78, 5) is 12.8. The van der Waals surface area contributed by atoms with Crippen molar-refractivity contribution in [3.63, 3.8) is 0 Å². The van der Waals surface area contributed by atoms with Crippen LogP contribution in [-0.2, 0) is 20.9 Å². The maximum absolute atomic E-state index is 11.8. The lowest BCUT2D eigenvalue weighted by Gasteiger charge is -2.25. The number of carbonyl (C=O) groups is 1. The van der Waals surface area contributed by atoms with E-state index in [9.17, 15) is 4.79 Å².